The molecular weight excluding hydrogens is 332 g/mol. The lowest BCUT2D eigenvalue weighted by Crippen LogP contribution is -1.99. The number of ether oxygens (including phenoxy) is 1. The van der Waals surface area contributed by atoms with Gasteiger partial charge in [0.15, 0.2) is 0 Å². The minimum atomic E-state index is -0.410. The van der Waals surface area contributed by atoms with Crippen molar-refractivity contribution < 1.29 is 13.5 Å². The molecule has 0 radical (unpaired) electrons. The molecule has 0 amide bonds. The van der Waals surface area contributed by atoms with Gasteiger partial charge in [-0.1, -0.05) is 48.5 Å². The molecule has 0 spiro atoms. The van der Waals surface area contributed by atoms with Gasteiger partial charge in [-0.3, -0.25) is 0 Å². The molecule has 0 aromatic heterocycles. The Labute approximate surface area is 150 Å². The van der Waals surface area contributed by atoms with Gasteiger partial charge in [-0.15, -0.1) is 0 Å². The largest absolute Gasteiger partial charge is 0.488 e. The molecule has 0 N–H and O–H groups in total. The first-order chi connectivity index (χ1) is 12.7. The van der Waals surface area contributed by atoms with E-state index >= 15 is 0 Å². The van der Waals surface area contributed by atoms with E-state index in [1.165, 1.54) is 18.2 Å². The molecule has 0 atom stereocenters. The summed E-state index contributed by atoms with van der Waals surface area (Å²) < 4.78 is 32.9. The Hall–Kier alpha value is -3.45. The van der Waals surface area contributed by atoms with Crippen molar-refractivity contribution in [2.75, 3.05) is 0 Å². The summed E-state index contributed by atoms with van der Waals surface area (Å²) in [5, 5.41) is 9.44. The Morgan fingerprint density at radius 2 is 1.73 bits per heavy atom. The van der Waals surface area contributed by atoms with E-state index in [1.54, 1.807) is 54.6 Å². The molecule has 0 unspecified atom stereocenters. The predicted molar refractivity (Wildman–Crippen MR) is 97.1 cm³/mol. The summed E-state index contributed by atoms with van der Waals surface area (Å²) in [6.07, 6.45) is 1.63. The Morgan fingerprint density at radius 3 is 2.50 bits per heavy atom. The van der Waals surface area contributed by atoms with Gasteiger partial charge in [0, 0.05) is 11.1 Å². The number of allylic oxidation sites excluding steroid dienone is 1. The Bertz CT molecular complexity index is 989. The molecule has 2 nitrogen and oxygen atoms in total. The summed E-state index contributed by atoms with van der Waals surface area (Å²) in [6, 6.07) is 21.5. The molecule has 0 aliphatic heterocycles. The maximum Gasteiger partial charge on any atom is 0.129 e. The van der Waals surface area contributed by atoms with Crippen LogP contribution in [0.25, 0.3) is 11.6 Å². The molecule has 3 aromatic rings. The van der Waals surface area contributed by atoms with E-state index in [0.29, 0.717) is 28.0 Å². The molecule has 0 aliphatic rings. The third kappa shape index (κ3) is 4.14. The van der Waals surface area contributed by atoms with Crippen molar-refractivity contribution >= 4 is 11.6 Å². The highest BCUT2D eigenvalue weighted by atomic mass is 19.1. The van der Waals surface area contributed by atoms with E-state index in [9.17, 15) is 14.0 Å². The normalized spacial score (nSPS) is 11.0. The maximum absolute atomic E-state index is 13.7. The van der Waals surface area contributed by atoms with Crippen LogP contribution in [0.4, 0.5) is 8.78 Å². The number of rotatable bonds is 5. The van der Waals surface area contributed by atoms with Gasteiger partial charge in [0.25, 0.3) is 0 Å². The molecule has 0 saturated carbocycles. The third-order valence-electron chi connectivity index (χ3n) is 3.82. The van der Waals surface area contributed by atoms with Crippen LogP contribution in [-0.4, -0.2) is 0 Å². The predicted octanol–water partition coefficient (Wildman–Crippen LogP) is 5.61. The lowest BCUT2D eigenvalue weighted by atomic mass is 10.0. The number of nitriles is 1. The van der Waals surface area contributed by atoms with E-state index in [1.807, 2.05) is 6.07 Å². The summed E-state index contributed by atoms with van der Waals surface area (Å²) in [5.74, 6) is -0.231. The molecule has 0 fully saturated rings. The van der Waals surface area contributed by atoms with Crippen LogP contribution in [0.1, 0.15) is 16.7 Å². The molecule has 0 aliphatic carbocycles. The monoisotopic (exact) mass is 347 g/mol. The van der Waals surface area contributed by atoms with Gasteiger partial charge in [0.05, 0.1) is 11.6 Å². The standard InChI is InChI=1S/C22H15F2NO/c23-20-9-5-8-16(13-20)19(14-25)12-17-6-2-4-11-22(17)26-15-18-7-1-3-10-21(18)24/h1-13H,15H2/b19-12-. The smallest absolute Gasteiger partial charge is 0.129 e. The van der Waals surface area contributed by atoms with Crippen LogP contribution in [0.15, 0.2) is 72.8 Å². The number of nitrogens with zero attached hydrogens (tertiary/aromatic N) is 1. The fourth-order valence-electron chi connectivity index (χ4n) is 2.49. The van der Waals surface area contributed by atoms with Gasteiger partial charge in [0.2, 0.25) is 0 Å². The molecule has 0 saturated heterocycles. The second-order valence-electron chi connectivity index (χ2n) is 5.60. The van der Waals surface area contributed by atoms with E-state index in [-0.39, 0.29) is 12.4 Å². The number of halogens is 2. The number of hydrogen-bond acceptors (Lipinski definition) is 2. The average Bonchev–Trinajstić information content (AvgIpc) is 2.66. The van der Waals surface area contributed by atoms with Crippen molar-refractivity contribution in [1.82, 2.24) is 0 Å². The van der Waals surface area contributed by atoms with Crippen molar-refractivity contribution in [3.8, 4) is 11.8 Å². The average molecular weight is 347 g/mol. The SMILES string of the molecule is N#C/C(=C/c1ccccc1OCc1ccccc1F)c1cccc(F)c1. The Kier molecular flexibility index (Phi) is 5.40. The minimum Gasteiger partial charge on any atom is -0.488 e. The second kappa shape index (κ2) is 8.09. The number of benzene rings is 3. The topological polar surface area (TPSA) is 33.0 Å². The van der Waals surface area contributed by atoms with Gasteiger partial charge in [-0.25, -0.2) is 8.78 Å². The summed E-state index contributed by atoms with van der Waals surface area (Å²) in [7, 11) is 0. The quantitative estimate of drug-likeness (QED) is 0.444. The molecular formula is C22H15F2NO. The fourth-order valence-corrected chi connectivity index (χ4v) is 2.49. The van der Waals surface area contributed by atoms with Crippen molar-refractivity contribution in [3.05, 3.63) is 101 Å². The fraction of sp³-hybridized carbons (Fsp3) is 0.0455. The molecule has 0 heterocycles. The summed E-state index contributed by atoms with van der Waals surface area (Å²) in [4.78, 5) is 0. The minimum absolute atomic E-state index is 0.0688. The van der Waals surface area contributed by atoms with E-state index in [2.05, 4.69) is 6.07 Å². The summed E-state index contributed by atoms with van der Waals surface area (Å²) in [5.41, 5.74) is 1.89. The van der Waals surface area contributed by atoms with Crippen LogP contribution in [0.3, 0.4) is 0 Å². The molecule has 128 valence electrons. The highest BCUT2D eigenvalue weighted by Crippen LogP contribution is 2.26. The van der Waals surface area contributed by atoms with Gasteiger partial charge in [0.1, 0.15) is 24.0 Å². The first kappa shape index (κ1) is 17.4. The van der Waals surface area contributed by atoms with Crippen molar-refractivity contribution in [2.45, 2.75) is 6.61 Å². The lowest BCUT2D eigenvalue weighted by molar-refractivity contribution is 0.299. The molecule has 0 bridgehead atoms. The van der Waals surface area contributed by atoms with Gasteiger partial charge < -0.3 is 4.74 Å². The van der Waals surface area contributed by atoms with Crippen molar-refractivity contribution in [2.24, 2.45) is 0 Å². The van der Waals surface area contributed by atoms with E-state index < -0.39 is 5.82 Å². The van der Waals surface area contributed by atoms with Crippen molar-refractivity contribution in [3.63, 3.8) is 0 Å². The third-order valence-corrected chi connectivity index (χ3v) is 3.82. The first-order valence-corrected chi connectivity index (χ1v) is 8.00. The second-order valence-corrected chi connectivity index (χ2v) is 5.60. The zero-order chi connectivity index (χ0) is 18.4. The van der Waals surface area contributed by atoms with Crippen LogP contribution in [0.2, 0.25) is 0 Å². The first-order valence-electron chi connectivity index (χ1n) is 8.00. The number of para-hydroxylation sites is 1. The molecule has 4 heteroatoms. The van der Waals surface area contributed by atoms with Crippen LogP contribution in [0, 0.1) is 23.0 Å². The summed E-state index contributed by atoms with van der Waals surface area (Å²) >= 11 is 0. The zero-order valence-electron chi connectivity index (χ0n) is 13.8. The highest BCUT2D eigenvalue weighted by Gasteiger charge is 2.07. The van der Waals surface area contributed by atoms with Crippen LogP contribution in [-0.2, 0) is 6.61 Å². The number of hydrogen-bond donors (Lipinski definition) is 0. The zero-order valence-corrected chi connectivity index (χ0v) is 13.8. The molecule has 3 rings (SSSR count). The lowest BCUT2D eigenvalue weighted by Gasteiger charge is -2.10. The Balaban J connectivity index is 1.89. The molecule has 3 aromatic carbocycles. The van der Waals surface area contributed by atoms with Gasteiger partial charge in [-0.2, -0.15) is 5.26 Å². The maximum atomic E-state index is 13.7. The Morgan fingerprint density at radius 1 is 0.962 bits per heavy atom. The molecule has 26 heavy (non-hydrogen) atoms. The van der Waals surface area contributed by atoms with Crippen LogP contribution >= 0.6 is 0 Å². The van der Waals surface area contributed by atoms with Crippen LogP contribution in [0.5, 0.6) is 5.75 Å². The van der Waals surface area contributed by atoms with Crippen molar-refractivity contribution in [1.29, 1.82) is 5.26 Å². The van der Waals surface area contributed by atoms with Gasteiger partial charge in [-0.05, 0) is 35.9 Å². The summed E-state index contributed by atoms with van der Waals surface area (Å²) in [6.45, 7) is 0.0688. The van der Waals surface area contributed by atoms with Crippen LogP contribution < -0.4 is 4.74 Å². The van der Waals surface area contributed by atoms with E-state index in [4.69, 9.17) is 4.74 Å². The van der Waals surface area contributed by atoms with Gasteiger partial charge >= 0.3 is 0 Å². The highest BCUT2D eigenvalue weighted by molar-refractivity contribution is 5.90. The van der Waals surface area contributed by atoms with E-state index in [0.717, 1.165) is 0 Å².